The van der Waals surface area contributed by atoms with Crippen molar-refractivity contribution in [1.82, 2.24) is 24.7 Å². The van der Waals surface area contributed by atoms with Crippen molar-refractivity contribution >= 4 is 6.03 Å². The summed E-state index contributed by atoms with van der Waals surface area (Å²) in [6.45, 7) is 6.02. The summed E-state index contributed by atoms with van der Waals surface area (Å²) in [5, 5.41) is 3.18. The zero-order valence-corrected chi connectivity index (χ0v) is 14.9. The van der Waals surface area contributed by atoms with Crippen LogP contribution in [0.15, 0.2) is 12.4 Å². The maximum atomic E-state index is 12.7. The summed E-state index contributed by atoms with van der Waals surface area (Å²) in [4.78, 5) is 21.5. The van der Waals surface area contributed by atoms with Crippen molar-refractivity contribution in [3.8, 4) is 0 Å². The lowest BCUT2D eigenvalue weighted by Gasteiger charge is -2.40. The topological polar surface area (TPSA) is 62.6 Å². The van der Waals surface area contributed by atoms with Gasteiger partial charge in [0, 0.05) is 46.2 Å². The molecule has 24 heavy (non-hydrogen) atoms. The number of carbonyl (C=O) groups excluding carboxylic acids is 1. The van der Waals surface area contributed by atoms with Crippen molar-refractivity contribution in [2.24, 2.45) is 13.0 Å². The highest BCUT2D eigenvalue weighted by Gasteiger charge is 2.36. The Kier molecular flexibility index (Phi) is 5.40. The third-order valence-corrected chi connectivity index (χ3v) is 5.19. The molecule has 134 valence electrons. The molecule has 0 radical (unpaired) electrons. The Labute approximate surface area is 144 Å². The van der Waals surface area contributed by atoms with E-state index in [0.717, 1.165) is 25.5 Å². The molecule has 2 amide bonds. The number of aromatic nitrogens is 2. The lowest BCUT2D eigenvalue weighted by molar-refractivity contribution is 0.0832. The molecule has 2 heterocycles. The smallest absolute Gasteiger partial charge is 0.317 e. The number of imidazole rings is 1. The molecule has 0 aromatic carbocycles. The molecule has 1 aromatic rings. The highest BCUT2D eigenvalue weighted by atomic mass is 16.5. The molecule has 2 fully saturated rings. The summed E-state index contributed by atoms with van der Waals surface area (Å²) in [6.07, 6.45) is 6.16. The third kappa shape index (κ3) is 3.72. The predicted octanol–water partition coefficient (Wildman–Crippen LogP) is 1.23. The van der Waals surface area contributed by atoms with Gasteiger partial charge in [0.05, 0.1) is 18.7 Å². The quantitative estimate of drug-likeness (QED) is 0.849. The summed E-state index contributed by atoms with van der Waals surface area (Å²) in [5.74, 6) is 1.60. The number of hydrogen-bond acceptors (Lipinski definition) is 4. The lowest BCUT2D eigenvalue weighted by atomic mass is 10.1. The summed E-state index contributed by atoms with van der Waals surface area (Å²) in [7, 11) is 3.70. The average molecular weight is 335 g/mol. The van der Waals surface area contributed by atoms with Crippen molar-refractivity contribution in [3.05, 3.63) is 18.2 Å². The minimum absolute atomic E-state index is 0.0268. The number of nitrogens with one attached hydrogen (secondary N) is 1. The summed E-state index contributed by atoms with van der Waals surface area (Å²) in [6, 6.07) is 0.313. The SMILES string of the molecule is CCN1CCN(C(=O)N[C@@H](COC)C2CC2)C[C@H]1c1nccn1C. The number of ether oxygens (including phenoxy) is 1. The van der Waals surface area contributed by atoms with E-state index in [4.69, 9.17) is 4.74 Å². The molecule has 0 bridgehead atoms. The lowest BCUT2D eigenvalue weighted by Crippen LogP contribution is -2.55. The first-order chi connectivity index (χ1) is 11.6. The minimum Gasteiger partial charge on any atom is -0.383 e. The molecule has 7 heteroatoms. The molecule has 1 N–H and O–H groups in total. The Balaban J connectivity index is 1.65. The van der Waals surface area contributed by atoms with Crippen LogP contribution in [0.3, 0.4) is 0 Å². The Morgan fingerprint density at radius 1 is 1.46 bits per heavy atom. The zero-order valence-electron chi connectivity index (χ0n) is 14.9. The molecule has 1 saturated heterocycles. The average Bonchev–Trinajstić information content (AvgIpc) is 3.35. The fourth-order valence-electron chi connectivity index (χ4n) is 3.55. The molecule has 1 aliphatic heterocycles. The van der Waals surface area contributed by atoms with Gasteiger partial charge in [-0.15, -0.1) is 0 Å². The number of hydrogen-bond donors (Lipinski definition) is 1. The Bertz CT molecular complexity index is 557. The van der Waals surface area contributed by atoms with E-state index in [1.165, 1.54) is 12.8 Å². The van der Waals surface area contributed by atoms with Crippen molar-refractivity contribution < 1.29 is 9.53 Å². The van der Waals surface area contributed by atoms with E-state index in [2.05, 4.69) is 22.1 Å². The van der Waals surface area contributed by atoms with Gasteiger partial charge in [-0.2, -0.15) is 0 Å². The number of urea groups is 1. The second kappa shape index (κ2) is 7.53. The second-order valence-corrected chi connectivity index (χ2v) is 6.84. The number of amides is 2. The number of rotatable bonds is 6. The fraction of sp³-hybridized carbons (Fsp3) is 0.765. The Morgan fingerprint density at radius 2 is 2.25 bits per heavy atom. The van der Waals surface area contributed by atoms with Gasteiger partial charge < -0.3 is 19.5 Å². The predicted molar refractivity (Wildman–Crippen MR) is 91.7 cm³/mol. The first-order valence-electron chi connectivity index (χ1n) is 8.89. The number of likely N-dealkylation sites (N-methyl/N-ethyl adjacent to an activating group) is 1. The standard InChI is InChI=1S/C17H29N5O2/c1-4-21-9-10-22(11-15(21)16-18-7-8-20(16)2)17(23)19-14(12-24-3)13-5-6-13/h7-8,13-15H,4-6,9-12H2,1-3H3,(H,19,23)/t14-,15-/m0/s1. The molecular weight excluding hydrogens is 306 g/mol. The minimum atomic E-state index is 0.0268. The number of methoxy groups -OCH3 is 1. The van der Waals surface area contributed by atoms with Crippen LogP contribution in [-0.4, -0.2) is 71.3 Å². The van der Waals surface area contributed by atoms with Crippen LogP contribution in [0.2, 0.25) is 0 Å². The van der Waals surface area contributed by atoms with E-state index in [1.807, 2.05) is 28.9 Å². The fourth-order valence-corrected chi connectivity index (χ4v) is 3.55. The van der Waals surface area contributed by atoms with E-state index in [0.29, 0.717) is 19.1 Å². The molecule has 1 aliphatic carbocycles. The van der Waals surface area contributed by atoms with Crippen LogP contribution in [0, 0.1) is 5.92 Å². The summed E-state index contributed by atoms with van der Waals surface area (Å²) < 4.78 is 7.32. The summed E-state index contributed by atoms with van der Waals surface area (Å²) >= 11 is 0. The molecular formula is C17H29N5O2. The normalized spacial score (nSPS) is 23.3. The number of nitrogens with zero attached hydrogens (tertiary/aromatic N) is 4. The maximum absolute atomic E-state index is 12.7. The van der Waals surface area contributed by atoms with Gasteiger partial charge in [-0.05, 0) is 25.3 Å². The van der Waals surface area contributed by atoms with Crippen LogP contribution in [0.25, 0.3) is 0 Å². The van der Waals surface area contributed by atoms with Gasteiger partial charge in [0.15, 0.2) is 0 Å². The van der Waals surface area contributed by atoms with Gasteiger partial charge in [-0.3, -0.25) is 4.90 Å². The van der Waals surface area contributed by atoms with Crippen LogP contribution in [0.1, 0.15) is 31.6 Å². The van der Waals surface area contributed by atoms with Crippen molar-refractivity contribution in [2.45, 2.75) is 31.8 Å². The van der Waals surface area contributed by atoms with Gasteiger partial charge >= 0.3 is 6.03 Å². The molecule has 3 rings (SSSR count). The Hall–Kier alpha value is -1.60. The Morgan fingerprint density at radius 3 is 2.83 bits per heavy atom. The van der Waals surface area contributed by atoms with Gasteiger partial charge in [0.25, 0.3) is 0 Å². The van der Waals surface area contributed by atoms with Crippen molar-refractivity contribution in [2.75, 3.05) is 39.9 Å². The summed E-state index contributed by atoms with van der Waals surface area (Å²) in [5.41, 5.74) is 0. The van der Waals surface area contributed by atoms with E-state index in [9.17, 15) is 4.79 Å². The van der Waals surface area contributed by atoms with Crippen LogP contribution >= 0.6 is 0 Å². The first-order valence-corrected chi connectivity index (χ1v) is 8.89. The van der Waals surface area contributed by atoms with Crippen LogP contribution in [0.5, 0.6) is 0 Å². The molecule has 1 saturated carbocycles. The molecule has 0 unspecified atom stereocenters. The number of aryl methyl sites for hydroxylation is 1. The molecule has 1 aromatic heterocycles. The van der Waals surface area contributed by atoms with Crippen LogP contribution in [-0.2, 0) is 11.8 Å². The highest BCUT2D eigenvalue weighted by Crippen LogP contribution is 2.33. The van der Waals surface area contributed by atoms with Crippen molar-refractivity contribution in [3.63, 3.8) is 0 Å². The van der Waals surface area contributed by atoms with E-state index in [-0.39, 0.29) is 18.1 Å². The second-order valence-electron chi connectivity index (χ2n) is 6.84. The van der Waals surface area contributed by atoms with Gasteiger partial charge in [0.1, 0.15) is 5.82 Å². The van der Waals surface area contributed by atoms with Gasteiger partial charge in [0.2, 0.25) is 0 Å². The highest BCUT2D eigenvalue weighted by molar-refractivity contribution is 5.74. The maximum Gasteiger partial charge on any atom is 0.317 e. The van der Waals surface area contributed by atoms with E-state index in [1.54, 1.807) is 7.11 Å². The largest absolute Gasteiger partial charge is 0.383 e. The monoisotopic (exact) mass is 335 g/mol. The van der Waals surface area contributed by atoms with Crippen LogP contribution < -0.4 is 5.32 Å². The van der Waals surface area contributed by atoms with Crippen molar-refractivity contribution in [1.29, 1.82) is 0 Å². The van der Waals surface area contributed by atoms with E-state index >= 15 is 0 Å². The first kappa shape index (κ1) is 17.2. The van der Waals surface area contributed by atoms with E-state index < -0.39 is 0 Å². The molecule has 2 atom stereocenters. The zero-order chi connectivity index (χ0) is 17.1. The number of piperazine rings is 1. The third-order valence-electron chi connectivity index (χ3n) is 5.19. The molecule has 0 spiro atoms. The van der Waals surface area contributed by atoms with Gasteiger partial charge in [-0.25, -0.2) is 9.78 Å². The van der Waals surface area contributed by atoms with Gasteiger partial charge in [-0.1, -0.05) is 6.92 Å². The molecule has 2 aliphatic rings. The number of carbonyl (C=O) groups is 1. The molecule has 7 nitrogen and oxygen atoms in total. The van der Waals surface area contributed by atoms with Crippen LogP contribution in [0.4, 0.5) is 4.79 Å².